The molecule has 0 radical (unpaired) electrons. The molecule has 0 aliphatic carbocycles. The number of carbonyl (C=O) groups is 2. The SMILES string of the molecule is O=C(COC(=O)Cc1noc2ccccc12)Nc1cc(Cl)ccc1[N+](=O)[O-]. The van der Waals surface area contributed by atoms with E-state index in [1.807, 2.05) is 0 Å². The van der Waals surface area contributed by atoms with Crippen LogP contribution in [-0.4, -0.2) is 28.6 Å². The Morgan fingerprint density at radius 3 is 2.81 bits per heavy atom. The van der Waals surface area contributed by atoms with Crippen LogP contribution in [0.4, 0.5) is 11.4 Å². The topological polar surface area (TPSA) is 125 Å². The zero-order chi connectivity index (χ0) is 19.4. The van der Waals surface area contributed by atoms with Gasteiger partial charge in [-0.1, -0.05) is 28.9 Å². The molecule has 9 nitrogen and oxygen atoms in total. The molecule has 1 amide bonds. The Balaban J connectivity index is 1.59. The lowest BCUT2D eigenvalue weighted by Gasteiger charge is -2.07. The van der Waals surface area contributed by atoms with E-state index in [1.54, 1.807) is 24.3 Å². The molecule has 1 aromatic heterocycles. The summed E-state index contributed by atoms with van der Waals surface area (Å²) in [5, 5.41) is 18.0. The second-order valence-corrected chi connectivity index (χ2v) is 5.87. The third-order valence-electron chi connectivity index (χ3n) is 3.56. The molecule has 0 bridgehead atoms. The zero-order valence-corrected chi connectivity index (χ0v) is 14.4. The summed E-state index contributed by atoms with van der Waals surface area (Å²) in [5.74, 6) is -1.43. The van der Waals surface area contributed by atoms with Gasteiger partial charge < -0.3 is 14.6 Å². The number of nitro groups is 1. The van der Waals surface area contributed by atoms with Crippen LogP contribution in [0.2, 0.25) is 5.02 Å². The number of benzene rings is 2. The summed E-state index contributed by atoms with van der Waals surface area (Å²) in [6, 6.07) is 10.7. The number of amides is 1. The Morgan fingerprint density at radius 2 is 2.04 bits per heavy atom. The van der Waals surface area contributed by atoms with E-state index < -0.39 is 23.4 Å². The second kappa shape index (κ2) is 7.83. The lowest BCUT2D eigenvalue weighted by Crippen LogP contribution is -2.22. The van der Waals surface area contributed by atoms with Crippen molar-refractivity contribution in [3.05, 3.63) is 63.3 Å². The van der Waals surface area contributed by atoms with E-state index in [4.69, 9.17) is 20.9 Å². The van der Waals surface area contributed by atoms with Crippen LogP contribution >= 0.6 is 11.6 Å². The second-order valence-electron chi connectivity index (χ2n) is 5.43. The van der Waals surface area contributed by atoms with Gasteiger partial charge in [0.2, 0.25) is 0 Å². The molecule has 0 saturated heterocycles. The molecule has 3 aromatic rings. The first kappa shape index (κ1) is 18.3. The van der Waals surface area contributed by atoms with Crippen LogP contribution < -0.4 is 5.32 Å². The molecule has 0 aliphatic heterocycles. The number of hydrogen-bond donors (Lipinski definition) is 1. The number of halogens is 1. The molecule has 27 heavy (non-hydrogen) atoms. The van der Waals surface area contributed by atoms with Gasteiger partial charge in [-0.05, 0) is 24.3 Å². The van der Waals surface area contributed by atoms with Crippen molar-refractivity contribution in [2.45, 2.75) is 6.42 Å². The number of carbonyl (C=O) groups excluding carboxylic acids is 2. The fraction of sp³-hybridized carbons (Fsp3) is 0.118. The van der Waals surface area contributed by atoms with Gasteiger partial charge in [-0.15, -0.1) is 0 Å². The standard InChI is InChI=1S/C17H12ClN3O6/c18-10-5-6-14(21(24)25)13(7-10)19-16(22)9-26-17(23)8-12-11-3-1-2-4-15(11)27-20-12/h1-7H,8-9H2,(H,19,22). The van der Waals surface area contributed by atoms with Crippen LogP contribution in [0.5, 0.6) is 0 Å². The Hall–Kier alpha value is -3.46. The average Bonchev–Trinajstić information content (AvgIpc) is 3.03. The van der Waals surface area contributed by atoms with Crippen molar-refractivity contribution in [2.24, 2.45) is 0 Å². The fourth-order valence-corrected chi connectivity index (χ4v) is 2.53. The minimum absolute atomic E-state index is 0.0870. The monoisotopic (exact) mass is 389 g/mol. The lowest BCUT2D eigenvalue weighted by atomic mass is 10.2. The minimum atomic E-state index is -0.737. The van der Waals surface area contributed by atoms with Gasteiger partial charge in [-0.25, -0.2) is 0 Å². The van der Waals surface area contributed by atoms with Crippen molar-refractivity contribution >= 4 is 45.8 Å². The smallest absolute Gasteiger partial charge is 0.312 e. The molecule has 2 aromatic carbocycles. The molecular formula is C17H12ClN3O6. The maximum absolute atomic E-state index is 11.9. The summed E-state index contributed by atoms with van der Waals surface area (Å²) < 4.78 is 9.98. The van der Waals surface area contributed by atoms with E-state index in [-0.39, 0.29) is 22.8 Å². The van der Waals surface area contributed by atoms with Crippen LogP contribution in [0, 0.1) is 10.1 Å². The number of ether oxygens (including phenoxy) is 1. The average molecular weight is 390 g/mol. The van der Waals surface area contributed by atoms with E-state index in [9.17, 15) is 19.7 Å². The molecule has 0 spiro atoms. The van der Waals surface area contributed by atoms with Gasteiger partial charge in [-0.2, -0.15) is 0 Å². The largest absolute Gasteiger partial charge is 0.455 e. The van der Waals surface area contributed by atoms with E-state index in [0.717, 1.165) is 0 Å². The van der Waals surface area contributed by atoms with Crippen LogP contribution in [-0.2, 0) is 20.7 Å². The Labute approximate surface area is 157 Å². The fourth-order valence-electron chi connectivity index (χ4n) is 2.35. The molecular weight excluding hydrogens is 378 g/mol. The summed E-state index contributed by atoms with van der Waals surface area (Å²) in [4.78, 5) is 34.2. The first-order chi connectivity index (χ1) is 12.9. The molecule has 0 aliphatic rings. The van der Waals surface area contributed by atoms with E-state index in [2.05, 4.69) is 10.5 Å². The van der Waals surface area contributed by atoms with Crippen LogP contribution in [0.25, 0.3) is 11.0 Å². The number of fused-ring (bicyclic) bond motifs is 1. The summed E-state index contributed by atoms with van der Waals surface area (Å²) in [6.45, 7) is -0.613. The maximum atomic E-state index is 11.9. The highest BCUT2D eigenvalue weighted by molar-refractivity contribution is 6.31. The summed E-state index contributed by atoms with van der Waals surface area (Å²) in [6.07, 6.45) is -0.179. The minimum Gasteiger partial charge on any atom is -0.455 e. The highest BCUT2D eigenvalue weighted by Crippen LogP contribution is 2.27. The number of nitrogens with zero attached hydrogens (tertiary/aromatic N) is 2. The van der Waals surface area contributed by atoms with Crippen molar-refractivity contribution in [1.29, 1.82) is 0 Å². The highest BCUT2D eigenvalue weighted by Gasteiger charge is 2.18. The van der Waals surface area contributed by atoms with Crippen molar-refractivity contribution in [1.82, 2.24) is 5.16 Å². The Morgan fingerprint density at radius 1 is 1.26 bits per heavy atom. The van der Waals surface area contributed by atoms with Gasteiger partial charge in [0.25, 0.3) is 11.6 Å². The number of nitrogens with one attached hydrogen (secondary N) is 1. The van der Waals surface area contributed by atoms with E-state index in [1.165, 1.54) is 18.2 Å². The third-order valence-corrected chi connectivity index (χ3v) is 3.79. The van der Waals surface area contributed by atoms with Crippen molar-refractivity contribution in [2.75, 3.05) is 11.9 Å². The third kappa shape index (κ3) is 4.39. The van der Waals surface area contributed by atoms with Gasteiger partial charge in [0, 0.05) is 16.5 Å². The van der Waals surface area contributed by atoms with Gasteiger partial charge in [-0.3, -0.25) is 19.7 Å². The summed E-state index contributed by atoms with van der Waals surface area (Å²) in [7, 11) is 0. The quantitative estimate of drug-likeness (QED) is 0.390. The molecule has 10 heteroatoms. The van der Waals surface area contributed by atoms with Gasteiger partial charge in [0.1, 0.15) is 11.4 Å². The van der Waals surface area contributed by atoms with Crippen molar-refractivity contribution in [3.8, 4) is 0 Å². The predicted octanol–water partition coefficient (Wildman–Crippen LogP) is 3.11. The van der Waals surface area contributed by atoms with E-state index in [0.29, 0.717) is 16.7 Å². The number of hydrogen-bond acceptors (Lipinski definition) is 7. The van der Waals surface area contributed by atoms with Crippen LogP contribution in [0.1, 0.15) is 5.69 Å². The maximum Gasteiger partial charge on any atom is 0.312 e. The molecule has 138 valence electrons. The van der Waals surface area contributed by atoms with Crippen LogP contribution in [0.15, 0.2) is 47.0 Å². The first-order valence-corrected chi connectivity index (χ1v) is 8.04. The molecule has 0 unspecified atom stereocenters. The number of aromatic nitrogens is 1. The zero-order valence-electron chi connectivity index (χ0n) is 13.7. The molecule has 0 fully saturated rings. The van der Waals surface area contributed by atoms with Gasteiger partial charge >= 0.3 is 5.97 Å². The van der Waals surface area contributed by atoms with Crippen molar-refractivity contribution in [3.63, 3.8) is 0 Å². The lowest BCUT2D eigenvalue weighted by molar-refractivity contribution is -0.383. The van der Waals surface area contributed by atoms with E-state index >= 15 is 0 Å². The number of esters is 1. The normalized spacial score (nSPS) is 10.6. The number of para-hydroxylation sites is 1. The Kier molecular flexibility index (Phi) is 5.32. The number of rotatable bonds is 6. The predicted molar refractivity (Wildman–Crippen MR) is 95.4 cm³/mol. The van der Waals surface area contributed by atoms with Gasteiger partial charge in [0.05, 0.1) is 11.3 Å². The number of nitro benzene ring substituents is 1. The molecule has 3 rings (SSSR count). The molecule has 0 saturated carbocycles. The number of anilines is 1. The highest BCUT2D eigenvalue weighted by atomic mass is 35.5. The Bertz CT molecular complexity index is 1030. The molecule has 1 N–H and O–H groups in total. The van der Waals surface area contributed by atoms with Crippen LogP contribution in [0.3, 0.4) is 0 Å². The first-order valence-electron chi connectivity index (χ1n) is 7.67. The molecule has 1 heterocycles. The van der Waals surface area contributed by atoms with Gasteiger partial charge in [0.15, 0.2) is 12.2 Å². The summed E-state index contributed by atoms with van der Waals surface area (Å²) in [5.41, 5.74) is 0.511. The molecule has 0 atom stereocenters. The summed E-state index contributed by atoms with van der Waals surface area (Å²) >= 11 is 5.78. The van der Waals surface area contributed by atoms with Crippen molar-refractivity contribution < 1.29 is 23.8 Å².